The van der Waals surface area contributed by atoms with Gasteiger partial charge in [0.1, 0.15) is 5.00 Å². The number of amides is 1. The van der Waals surface area contributed by atoms with Crippen LogP contribution in [0.25, 0.3) is 0 Å². The molecule has 0 aliphatic rings. The van der Waals surface area contributed by atoms with Gasteiger partial charge in [0.15, 0.2) is 0 Å². The Hall–Kier alpha value is -2.67. The highest BCUT2D eigenvalue weighted by atomic mass is 32.1. The van der Waals surface area contributed by atoms with Crippen LogP contribution in [0.15, 0.2) is 42.7 Å². The quantitative estimate of drug-likeness (QED) is 0.723. The number of benzene rings is 1. The van der Waals surface area contributed by atoms with Crippen LogP contribution in [0, 0.1) is 6.92 Å². The van der Waals surface area contributed by atoms with E-state index in [0.717, 1.165) is 21.8 Å². The van der Waals surface area contributed by atoms with Gasteiger partial charge in [0, 0.05) is 26.0 Å². The van der Waals surface area contributed by atoms with Gasteiger partial charge in [-0.3, -0.25) is 9.48 Å². The molecule has 2 heterocycles. The van der Waals surface area contributed by atoms with Crippen LogP contribution in [0.2, 0.25) is 0 Å². The van der Waals surface area contributed by atoms with Crippen molar-refractivity contribution in [2.45, 2.75) is 20.0 Å². The van der Waals surface area contributed by atoms with E-state index >= 15 is 0 Å². The van der Waals surface area contributed by atoms with Gasteiger partial charge in [-0.05, 0) is 35.6 Å². The average molecular weight is 341 g/mol. The molecule has 0 aliphatic carbocycles. The van der Waals surface area contributed by atoms with Crippen molar-refractivity contribution in [1.29, 1.82) is 0 Å². The third-order valence-electron chi connectivity index (χ3n) is 3.77. The molecule has 0 saturated heterocycles. The molecule has 6 nitrogen and oxygen atoms in total. The predicted octanol–water partition coefficient (Wildman–Crippen LogP) is 2.67. The smallest absolute Gasteiger partial charge is 0.256 e. The summed E-state index contributed by atoms with van der Waals surface area (Å²) in [5.41, 5.74) is 3.57. The molecule has 0 fully saturated rings. The molecule has 1 amide bonds. The average Bonchev–Trinajstić information content (AvgIpc) is 3.23. The van der Waals surface area contributed by atoms with E-state index in [9.17, 15) is 4.79 Å². The number of aromatic nitrogens is 3. The van der Waals surface area contributed by atoms with E-state index in [0.29, 0.717) is 18.7 Å². The zero-order valence-electron chi connectivity index (χ0n) is 13.6. The van der Waals surface area contributed by atoms with Crippen molar-refractivity contribution in [3.63, 3.8) is 0 Å². The monoisotopic (exact) mass is 341 g/mol. The number of carbonyl (C=O) groups excluding carboxylic acids is 1. The lowest BCUT2D eigenvalue weighted by Crippen LogP contribution is -2.24. The summed E-state index contributed by atoms with van der Waals surface area (Å²) >= 11 is 1.30. The van der Waals surface area contributed by atoms with Gasteiger partial charge in [0.25, 0.3) is 5.91 Å². The molecule has 7 heteroatoms. The molecule has 0 radical (unpaired) electrons. The highest BCUT2D eigenvalue weighted by Gasteiger charge is 2.17. The Labute approximate surface area is 144 Å². The predicted molar refractivity (Wildman–Crippen MR) is 95.3 cm³/mol. The highest BCUT2D eigenvalue weighted by molar-refractivity contribution is 7.10. The number of anilines is 1. The van der Waals surface area contributed by atoms with Crippen LogP contribution in [-0.2, 0) is 13.1 Å². The van der Waals surface area contributed by atoms with E-state index in [-0.39, 0.29) is 5.91 Å². The minimum Gasteiger partial charge on any atom is -0.378 e. The standard InChI is InChI=1S/C17H19N5OS/c1-12-15(17(18-2)24-21-12)16(23)19-10-13-6-3-4-7-14(13)11-22-9-5-8-20-22/h3-9,18H,10-11H2,1-2H3,(H,19,23). The summed E-state index contributed by atoms with van der Waals surface area (Å²) < 4.78 is 6.11. The van der Waals surface area contributed by atoms with Crippen LogP contribution in [0.5, 0.6) is 0 Å². The van der Waals surface area contributed by atoms with Gasteiger partial charge in [-0.25, -0.2) is 0 Å². The van der Waals surface area contributed by atoms with E-state index in [1.165, 1.54) is 11.5 Å². The molecule has 2 aromatic heterocycles. The summed E-state index contributed by atoms with van der Waals surface area (Å²) in [6.45, 7) is 2.99. The molecular formula is C17H19N5OS. The number of hydrogen-bond acceptors (Lipinski definition) is 5. The number of aryl methyl sites for hydroxylation is 1. The van der Waals surface area contributed by atoms with Gasteiger partial charge in [0.2, 0.25) is 0 Å². The van der Waals surface area contributed by atoms with Crippen LogP contribution >= 0.6 is 11.5 Å². The summed E-state index contributed by atoms with van der Waals surface area (Å²) in [7, 11) is 1.79. The molecule has 3 rings (SSSR count). The lowest BCUT2D eigenvalue weighted by atomic mass is 10.1. The second kappa shape index (κ2) is 7.27. The maximum Gasteiger partial charge on any atom is 0.256 e. The summed E-state index contributed by atoms with van der Waals surface area (Å²) in [5.74, 6) is -0.112. The zero-order chi connectivity index (χ0) is 16.9. The molecule has 2 N–H and O–H groups in total. The third kappa shape index (κ3) is 3.46. The molecule has 0 bridgehead atoms. The van der Waals surface area contributed by atoms with Crippen LogP contribution in [0.4, 0.5) is 5.00 Å². The molecule has 3 aromatic rings. The minimum absolute atomic E-state index is 0.112. The topological polar surface area (TPSA) is 71.8 Å². The van der Waals surface area contributed by atoms with E-state index in [2.05, 4.69) is 26.2 Å². The highest BCUT2D eigenvalue weighted by Crippen LogP contribution is 2.23. The number of rotatable bonds is 6. The fourth-order valence-electron chi connectivity index (χ4n) is 2.52. The first kappa shape index (κ1) is 16.2. The lowest BCUT2D eigenvalue weighted by molar-refractivity contribution is 0.0951. The van der Waals surface area contributed by atoms with Gasteiger partial charge >= 0.3 is 0 Å². The molecule has 124 valence electrons. The number of nitrogens with one attached hydrogen (secondary N) is 2. The fourth-order valence-corrected chi connectivity index (χ4v) is 3.27. The summed E-state index contributed by atoms with van der Waals surface area (Å²) in [6, 6.07) is 9.95. The van der Waals surface area contributed by atoms with Crippen LogP contribution < -0.4 is 10.6 Å². The molecule has 0 saturated carbocycles. The van der Waals surface area contributed by atoms with Crippen LogP contribution in [0.1, 0.15) is 27.2 Å². The van der Waals surface area contributed by atoms with Crippen LogP contribution in [-0.4, -0.2) is 27.1 Å². The lowest BCUT2D eigenvalue weighted by Gasteiger charge is -2.11. The Bertz CT molecular complexity index is 825. The normalized spacial score (nSPS) is 10.6. The van der Waals surface area contributed by atoms with E-state index < -0.39 is 0 Å². The van der Waals surface area contributed by atoms with E-state index in [1.54, 1.807) is 13.2 Å². The number of hydrogen-bond donors (Lipinski definition) is 2. The molecule has 0 aliphatic heterocycles. The second-order valence-electron chi connectivity index (χ2n) is 5.38. The van der Waals surface area contributed by atoms with Gasteiger partial charge in [0.05, 0.1) is 17.8 Å². The van der Waals surface area contributed by atoms with Gasteiger partial charge in [-0.2, -0.15) is 9.47 Å². The maximum atomic E-state index is 12.5. The second-order valence-corrected chi connectivity index (χ2v) is 6.15. The van der Waals surface area contributed by atoms with E-state index in [4.69, 9.17) is 0 Å². The Balaban J connectivity index is 1.73. The van der Waals surface area contributed by atoms with Gasteiger partial charge in [-0.1, -0.05) is 24.3 Å². The van der Waals surface area contributed by atoms with Gasteiger partial charge < -0.3 is 10.6 Å². The van der Waals surface area contributed by atoms with E-state index in [1.807, 2.05) is 42.1 Å². The number of carbonyl (C=O) groups is 1. The van der Waals surface area contributed by atoms with Crippen molar-refractivity contribution < 1.29 is 4.79 Å². The number of nitrogens with zero attached hydrogens (tertiary/aromatic N) is 3. The maximum absolute atomic E-state index is 12.5. The van der Waals surface area contributed by atoms with Crippen molar-refractivity contribution in [3.8, 4) is 0 Å². The van der Waals surface area contributed by atoms with Crippen molar-refractivity contribution in [1.82, 2.24) is 19.5 Å². The van der Waals surface area contributed by atoms with Crippen molar-refractivity contribution in [2.24, 2.45) is 0 Å². The summed E-state index contributed by atoms with van der Waals surface area (Å²) in [4.78, 5) is 12.5. The third-order valence-corrected chi connectivity index (χ3v) is 4.72. The Kier molecular flexibility index (Phi) is 4.90. The largest absolute Gasteiger partial charge is 0.378 e. The molecule has 0 spiro atoms. The summed E-state index contributed by atoms with van der Waals surface area (Å²) in [6.07, 6.45) is 3.69. The molecule has 0 atom stereocenters. The first-order valence-corrected chi connectivity index (χ1v) is 8.43. The first-order valence-electron chi connectivity index (χ1n) is 7.65. The fraction of sp³-hybridized carbons (Fsp3) is 0.235. The zero-order valence-corrected chi connectivity index (χ0v) is 14.4. The summed E-state index contributed by atoms with van der Waals surface area (Å²) in [5, 5.41) is 11.0. The Morgan fingerprint density at radius 1 is 1.25 bits per heavy atom. The molecule has 24 heavy (non-hydrogen) atoms. The van der Waals surface area contributed by atoms with Crippen molar-refractivity contribution in [2.75, 3.05) is 12.4 Å². The molecular weight excluding hydrogens is 322 g/mol. The molecule has 1 aromatic carbocycles. The minimum atomic E-state index is -0.112. The Morgan fingerprint density at radius 3 is 2.75 bits per heavy atom. The SMILES string of the molecule is CNc1snc(C)c1C(=O)NCc1ccccc1Cn1cccn1. The van der Waals surface area contributed by atoms with Gasteiger partial charge in [-0.15, -0.1) is 0 Å². The van der Waals surface area contributed by atoms with Crippen LogP contribution in [0.3, 0.4) is 0 Å². The van der Waals surface area contributed by atoms with Crippen molar-refractivity contribution >= 4 is 22.4 Å². The molecule has 0 unspecified atom stereocenters. The Morgan fingerprint density at radius 2 is 2.04 bits per heavy atom. The first-order chi connectivity index (χ1) is 11.7. The van der Waals surface area contributed by atoms with Crippen molar-refractivity contribution in [3.05, 3.63) is 65.1 Å².